The van der Waals surface area contributed by atoms with Crippen LogP contribution in [0.4, 0.5) is 0 Å². The van der Waals surface area contributed by atoms with Gasteiger partial charge in [-0.05, 0) is 37.4 Å². The molecule has 0 spiro atoms. The van der Waals surface area contributed by atoms with E-state index in [1.807, 2.05) is 32.2 Å². The van der Waals surface area contributed by atoms with Crippen molar-refractivity contribution in [3.63, 3.8) is 0 Å². The zero-order valence-corrected chi connectivity index (χ0v) is 11.0. The number of carbonyl (C=O) groups is 1. The fourth-order valence-electron chi connectivity index (χ4n) is 1.55. The van der Waals surface area contributed by atoms with Crippen molar-refractivity contribution < 1.29 is 4.79 Å². The smallest absolute Gasteiger partial charge is 0.276 e. The second-order valence-corrected chi connectivity index (χ2v) is 5.37. The molecular formula is C11H12N2OS2. The number of hydrogen-bond donors (Lipinski definition) is 0. The molecule has 0 unspecified atom stereocenters. The van der Waals surface area contributed by atoms with Gasteiger partial charge in [0.1, 0.15) is 5.70 Å². The average molecular weight is 252 g/mol. The number of amides is 1. The van der Waals surface area contributed by atoms with Gasteiger partial charge < -0.3 is 4.90 Å². The van der Waals surface area contributed by atoms with Crippen molar-refractivity contribution in [2.45, 2.75) is 6.92 Å². The number of thiocarbonyl (C=S) groups is 1. The molecular weight excluding hydrogens is 240 g/mol. The van der Waals surface area contributed by atoms with Crippen molar-refractivity contribution in [1.82, 2.24) is 9.80 Å². The highest BCUT2D eigenvalue weighted by atomic mass is 32.1. The van der Waals surface area contributed by atoms with E-state index in [1.165, 1.54) is 9.78 Å². The second-order valence-electron chi connectivity index (χ2n) is 3.68. The van der Waals surface area contributed by atoms with E-state index < -0.39 is 0 Å². The molecule has 16 heavy (non-hydrogen) atoms. The van der Waals surface area contributed by atoms with Crippen LogP contribution in [0.1, 0.15) is 9.75 Å². The molecule has 3 nitrogen and oxygen atoms in total. The lowest BCUT2D eigenvalue weighted by Crippen LogP contribution is -2.26. The molecule has 1 aliphatic heterocycles. The normalized spacial score (nSPS) is 19.1. The minimum absolute atomic E-state index is 0.0430. The van der Waals surface area contributed by atoms with Crippen LogP contribution in [0.15, 0.2) is 17.8 Å². The molecule has 2 heterocycles. The van der Waals surface area contributed by atoms with Gasteiger partial charge in [-0.25, -0.2) is 0 Å². The first-order valence-electron chi connectivity index (χ1n) is 4.84. The first kappa shape index (κ1) is 11.3. The quantitative estimate of drug-likeness (QED) is 0.565. The van der Waals surface area contributed by atoms with Crippen LogP contribution >= 0.6 is 23.6 Å². The predicted molar refractivity (Wildman–Crippen MR) is 70.2 cm³/mol. The lowest BCUT2D eigenvalue weighted by atomic mass is 10.3. The van der Waals surface area contributed by atoms with E-state index in [1.54, 1.807) is 23.3 Å². The Morgan fingerprint density at radius 2 is 2.00 bits per heavy atom. The number of hydrogen-bond acceptors (Lipinski definition) is 3. The Balaban J connectivity index is 2.38. The van der Waals surface area contributed by atoms with E-state index in [2.05, 4.69) is 0 Å². The van der Waals surface area contributed by atoms with Crippen LogP contribution in [0.3, 0.4) is 0 Å². The van der Waals surface area contributed by atoms with Crippen molar-refractivity contribution >= 4 is 40.7 Å². The van der Waals surface area contributed by atoms with Crippen molar-refractivity contribution in [3.05, 3.63) is 27.6 Å². The molecule has 0 saturated carbocycles. The molecule has 1 fully saturated rings. The first-order valence-corrected chi connectivity index (χ1v) is 6.07. The lowest BCUT2D eigenvalue weighted by Gasteiger charge is -2.10. The Bertz CT molecular complexity index is 490. The van der Waals surface area contributed by atoms with Crippen LogP contribution in [0, 0.1) is 6.92 Å². The van der Waals surface area contributed by atoms with Gasteiger partial charge in [0, 0.05) is 23.8 Å². The van der Waals surface area contributed by atoms with Gasteiger partial charge in [-0.2, -0.15) is 0 Å². The Hall–Kier alpha value is -1.20. The Labute approximate surface area is 104 Å². The molecule has 1 amide bonds. The zero-order chi connectivity index (χ0) is 11.9. The van der Waals surface area contributed by atoms with Crippen molar-refractivity contribution in [2.24, 2.45) is 0 Å². The molecule has 1 aromatic heterocycles. The maximum Gasteiger partial charge on any atom is 0.276 e. The summed E-state index contributed by atoms with van der Waals surface area (Å²) in [6.45, 7) is 2.05. The number of rotatable bonds is 1. The number of thiophene rings is 1. The van der Waals surface area contributed by atoms with Crippen LogP contribution in [0.5, 0.6) is 0 Å². The lowest BCUT2D eigenvalue weighted by molar-refractivity contribution is -0.121. The molecule has 0 atom stereocenters. The van der Waals surface area contributed by atoms with Crippen LogP contribution in [-0.4, -0.2) is 34.9 Å². The Kier molecular flexibility index (Phi) is 2.82. The van der Waals surface area contributed by atoms with Gasteiger partial charge >= 0.3 is 0 Å². The van der Waals surface area contributed by atoms with Gasteiger partial charge in [0.25, 0.3) is 5.91 Å². The minimum Gasteiger partial charge on any atom is -0.317 e. The third kappa shape index (κ3) is 1.76. The highest BCUT2D eigenvalue weighted by molar-refractivity contribution is 7.80. The van der Waals surface area contributed by atoms with Crippen LogP contribution < -0.4 is 0 Å². The summed E-state index contributed by atoms with van der Waals surface area (Å²) < 4.78 is 0. The van der Waals surface area contributed by atoms with E-state index >= 15 is 0 Å². The van der Waals surface area contributed by atoms with Crippen molar-refractivity contribution in [3.8, 4) is 0 Å². The summed E-state index contributed by atoms with van der Waals surface area (Å²) in [6, 6.07) is 4.05. The molecule has 0 N–H and O–H groups in total. The molecule has 1 aliphatic rings. The van der Waals surface area contributed by atoms with E-state index in [9.17, 15) is 4.79 Å². The van der Waals surface area contributed by atoms with Crippen molar-refractivity contribution in [2.75, 3.05) is 14.1 Å². The maximum absolute atomic E-state index is 11.9. The minimum atomic E-state index is -0.0430. The number of likely N-dealkylation sites (N-methyl/N-ethyl adjacent to an activating group) is 2. The van der Waals surface area contributed by atoms with E-state index in [4.69, 9.17) is 12.2 Å². The molecule has 0 aromatic carbocycles. The Morgan fingerprint density at radius 3 is 2.44 bits per heavy atom. The topological polar surface area (TPSA) is 23.6 Å². The van der Waals surface area contributed by atoms with Crippen LogP contribution in [-0.2, 0) is 4.79 Å². The molecule has 84 valence electrons. The number of aryl methyl sites for hydroxylation is 1. The molecule has 0 bridgehead atoms. The summed E-state index contributed by atoms with van der Waals surface area (Å²) >= 11 is 6.80. The summed E-state index contributed by atoms with van der Waals surface area (Å²) in [6.07, 6.45) is 1.88. The molecule has 5 heteroatoms. The Morgan fingerprint density at radius 1 is 1.31 bits per heavy atom. The molecule has 0 radical (unpaired) electrons. The molecule has 0 aliphatic carbocycles. The highest BCUT2D eigenvalue weighted by Gasteiger charge is 2.32. The molecule has 1 saturated heterocycles. The van der Waals surface area contributed by atoms with E-state index in [0.29, 0.717) is 10.8 Å². The summed E-state index contributed by atoms with van der Waals surface area (Å²) in [5, 5.41) is 0.546. The third-order valence-corrected chi connectivity index (χ3v) is 3.99. The van der Waals surface area contributed by atoms with E-state index in [-0.39, 0.29) is 5.91 Å². The fourth-order valence-corrected chi connectivity index (χ4v) is 2.55. The average Bonchev–Trinajstić information content (AvgIpc) is 2.73. The standard InChI is InChI=1S/C11H12N2OS2/c1-7-4-5-8(16-7)6-9-10(14)13(3)11(15)12(9)2/h4-6H,1-3H3/b9-6-. The summed E-state index contributed by atoms with van der Waals surface area (Å²) in [4.78, 5) is 17.4. The zero-order valence-electron chi connectivity index (χ0n) is 9.35. The largest absolute Gasteiger partial charge is 0.317 e. The molecule has 1 aromatic rings. The summed E-state index contributed by atoms with van der Waals surface area (Å²) in [5.74, 6) is -0.0430. The summed E-state index contributed by atoms with van der Waals surface area (Å²) in [5.41, 5.74) is 0.634. The number of carbonyl (C=O) groups excluding carboxylic acids is 1. The van der Waals surface area contributed by atoms with Gasteiger partial charge in [0.2, 0.25) is 0 Å². The van der Waals surface area contributed by atoms with E-state index in [0.717, 1.165) is 4.88 Å². The first-order chi connectivity index (χ1) is 7.50. The monoisotopic (exact) mass is 252 g/mol. The second kappa shape index (κ2) is 3.99. The van der Waals surface area contributed by atoms with Crippen molar-refractivity contribution in [1.29, 1.82) is 0 Å². The molecule has 2 rings (SSSR count). The van der Waals surface area contributed by atoms with Gasteiger partial charge in [0.15, 0.2) is 5.11 Å². The maximum atomic E-state index is 11.9. The SMILES string of the molecule is Cc1ccc(/C=C2/C(=O)N(C)C(=S)N2C)s1. The van der Waals surface area contributed by atoms with Crippen LogP contribution in [0.25, 0.3) is 6.08 Å². The van der Waals surface area contributed by atoms with Gasteiger partial charge in [-0.1, -0.05) is 0 Å². The highest BCUT2D eigenvalue weighted by Crippen LogP contribution is 2.24. The third-order valence-electron chi connectivity index (χ3n) is 2.50. The van der Waals surface area contributed by atoms with Gasteiger partial charge in [0.05, 0.1) is 0 Å². The van der Waals surface area contributed by atoms with Gasteiger partial charge in [-0.3, -0.25) is 9.69 Å². The van der Waals surface area contributed by atoms with Crippen LogP contribution in [0.2, 0.25) is 0 Å². The predicted octanol–water partition coefficient (Wildman–Crippen LogP) is 2.09. The fraction of sp³-hybridized carbons (Fsp3) is 0.273. The summed E-state index contributed by atoms with van der Waals surface area (Å²) in [7, 11) is 3.51. The van der Waals surface area contributed by atoms with Gasteiger partial charge in [-0.15, -0.1) is 11.3 Å². The number of nitrogens with zero attached hydrogens (tertiary/aromatic N) is 2.